The topological polar surface area (TPSA) is 80.6 Å². The molecular weight excluding hydrogens is 651 g/mol. The van der Waals surface area contributed by atoms with Crippen LogP contribution < -0.4 is 19.5 Å². The molecule has 0 bridgehead atoms. The summed E-state index contributed by atoms with van der Waals surface area (Å²) < 4.78 is 17.8. The maximum Gasteiger partial charge on any atom is 0.266 e. The number of carbonyl (C=O) groups excluding carboxylic acids is 1. The number of ether oxygens (including phenoxy) is 3. The van der Waals surface area contributed by atoms with E-state index in [0.717, 1.165) is 11.1 Å². The Balaban J connectivity index is 1.42. The fraction of sp³-hybridized carbons (Fsp3) is 0.0968. The van der Waals surface area contributed by atoms with Gasteiger partial charge in [0.25, 0.3) is 5.91 Å². The van der Waals surface area contributed by atoms with Crippen LogP contribution in [0.1, 0.15) is 16.7 Å². The first-order valence-electron chi connectivity index (χ1n) is 12.1. The van der Waals surface area contributed by atoms with E-state index in [1.807, 2.05) is 18.2 Å². The van der Waals surface area contributed by atoms with Crippen molar-refractivity contribution in [3.8, 4) is 23.3 Å². The van der Waals surface area contributed by atoms with Gasteiger partial charge in [0, 0.05) is 26.3 Å². The lowest BCUT2D eigenvalue weighted by Crippen LogP contribution is -2.13. The molecule has 0 heterocycles. The lowest BCUT2D eigenvalue weighted by Gasteiger charge is -2.14. The van der Waals surface area contributed by atoms with E-state index < -0.39 is 5.91 Å². The van der Waals surface area contributed by atoms with Gasteiger partial charge in [-0.05, 0) is 93.8 Å². The average Bonchev–Trinajstić information content (AvgIpc) is 2.96. The van der Waals surface area contributed by atoms with E-state index in [1.54, 1.807) is 66.7 Å². The number of nitriles is 1. The van der Waals surface area contributed by atoms with Gasteiger partial charge in [-0.25, -0.2) is 0 Å². The van der Waals surface area contributed by atoms with E-state index in [0.29, 0.717) is 54.6 Å². The monoisotopic (exact) mass is 670 g/mol. The van der Waals surface area contributed by atoms with E-state index in [2.05, 4.69) is 21.2 Å². The minimum atomic E-state index is -0.560. The second kappa shape index (κ2) is 14.3. The Kier molecular flexibility index (Phi) is 10.6. The van der Waals surface area contributed by atoms with Gasteiger partial charge in [0.05, 0.1) is 11.6 Å². The van der Waals surface area contributed by atoms with Crippen LogP contribution in [0.25, 0.3) is 6.08 Å². The molecule has 4 aromatic carbocycles. The maximum absolute atomic E-state index is 12.9. The summed E-state index contributed by atoms with van der Waals surface area (Å²) in [5.74, 6) is 0.918. The Morgan fingerprint density at radius 3 is 2.29 bits per heavy atom. The van der Waals surface area contributed by atoms with Crippen molar-refractivity contribution in [3.63, 3.8) is 0 Å². The molecule has 0 aliphatic carbocycles. The number of hydrogen-bond acceptors (Lipinski definition) is 5. The molecule has 0 fully saturated rings. The summed E-state index contributed by atoms with van der Waals surface area (Å²) in [6.45, 7) is 0.554. The van der Waals surface area contributed by atoms with Crippen LogP contribution in [0.3, 0.4) is 0 Å². The van der Waals surface area contributed by atoms with Gasteiger partial charge in [-0.15, -0.1) is 0 Å². The molecule has 41 heavy (non-hydrogen) atoms. The number of halogens is 4. The Morgan fingerprint density at radius 1 is 0.927 bits per heavy atom. The molecule has 0 aromatic heterocycles. The molecule has 4 aromatic rings. The third kappa shape index (κ3) is 8.42. The van der Waals surface area contributed by atoms with Crippen molar-refractivity contribution in [2.75, 3.05) is 12.4 Å². The van der Waals surface area contributed by atoms with E-state index in [9.17, 15) is 10.1 Å². The first-order chi connectivity index (χ1) is 19.7. The molecule has 0 aliphatic heterocycles. The van der Waals surface area contributed by atoms with Crippen molar-refractivity contribution in [2.45, 2.75) is 13.2 Å². The van der Waals surface area contributed by atoms with Crippen molar-refractivity contribution in [1.29, 1.82) is 5.26 Å². The van der Waals surface area contributed by atoms with Gasteiger partial charge in [0.2, 0.25) is 0 Å². The lowest BCUT2D eigenvalue weighted by molar-refractivity contribution is -0.112. The summed E-state index contributed by atoms with van der Waals surface area (Å²) in [5, 5.41) is 14.1. The molecule has 6 nitrogen and oxygen atoms in total. The number of nitrogens with zero attached hydrogens (tertiary/aromatic N) is 1. The molecule has 1 amide bonds. The summed E-state index contributed by atoms with van der Waals surface area (Å²) in [6.07, 6.45) is 1.46. The summed E-state index contributed by atoms with van der Waals surface area (Å²) in [6, 6.07) is 24.7. The zero-order valence-electron chi connectivity index (χ0n) is 21.6. The van der Waals surface area contributed by atoms with Crippen molar-refractivity contribution in [1.82, 2.24) is 0 Å². The van der Waals surface area contributed by atoms with Crippen LogP contribution in [0.5, 0.6) is 17.2 Å². The van der Waals surface area contributed by atoms with Gasteiger partial charge in [-0.2, -0.15) is 5.26 Å². The normalized spacial score (nSPS) is 11.0. The maximum atomic E-state index is 12.9. The fourth-order valence-corrected chi connectivity index (χ4v) is 4.81. The third-order valence-corrected chi connectivity index (χ3v) is 7.17. The van der Waals surface area contributed by atoms with E-state index in [1.165, 1.54) is 13.2 Å². The SMILES string of the molecule is COc1cc(/C=C(\C#N)C(=O)Nc2ccc(OCc3ccc(Cl)cc3)cc2)cc(Br)c1OCc1ccc(Cl)cc1Cl. The van der Waals surface area contributed by atoms with Crippen molar-refractivity contribution >= 4 is 68.4 Å². The first-order valence-corrected chi connectivity index (χ1v) is 14.0. The Labute approximate surface area is 261 Å². The van der Waals surface area contributed by atoms with Crippen molar-refractivity contribution < 1.29 is 19.0 Å². The van der Waals surface area contributed by atoms with Gasteiger partial charge in [-0.1, -0.05) is 53.0 Å². The van der Waals surface area contributed by atoms with Crippen LogP contribution in [0.15, 0.2) is 88.9 Å². The predicted molar refractivity (Wildman–Crippen MR) is 166 cm³/mol. The van der Waals surface area contributed by atoms with E-state index in [4.69, 9.17) is 49.0 Å². The molecule has 1 N–H and O–H groups in total. The molecule has 0 spiro atoms. The summed E-state index contributed by atoms with van der Waals surface area (Å²) >= 11 is 21.6. The molecule has 0 saturated heterocycles. The molecule has 0 aliphatic rings. The molecule has 10 heteroatoms. The van der Waals surface area contributed by atoms with Crippen LogP contribution in [0, 0.1) is 11.3 Å². The number of rotatable bonds is 10. The molecule has 0 unspecified atom stereocenters. The van der Waals surface area contributed by atoms with E-state index >= 15 is 0 Å². The average molecular weight is 673 g/mol. The minimum absolute atomic E-state index is 0.0939. The molecule has 208 valence electrons. The Morgan fingerprint density at radius 2 is 1.63 bits per heavy atom. The van der Waals surface area contributed by atoms with Crippen LogP contribution in [-0.2, 0) is 18.0 Å². The molecule has 0 atom stereocenters. The summed E-state index contributed by atoms with van der Waals surface area (Å²) in [7, 11) is 1.50. The smallest absolute Gasteiger partial charge is 0.266 e. The van der Waals surface area contributed by atoms with Crippen molar-refractivity contribution in [3.05, 3.63) is 121 Å². The summed E-state index contributed by atoms with van der Waals surface area (Å²) in [5.41, 5.74) is 2.70. The van der Waals surface area contributed by atoms with Crippen LogP contribution in [0.4, 0.5) is 5.69 Å². The molecule has 0 radical (unpaired) electrons. The highest BCUT2D eigenvalue weighted by Crippen LogP contribution is 2.38. The summed E-state index contributed by atoms with van der Waals surface area (Å²) in [4.78, 5) is 12.9. The number of amides is 1. The van der Waals surface area contributed by atoms with E-state index in [-0.39, 0.29) is 12.2 Å². The second-order valence-electron chi connectivity index (χ2n) is 8.62. The molecular formula is C31H22BrCl3N2O4. The largest absolute Gasteiger partial charge is 0.493 e. The highest BCUT2D eigenvalue weighted by atomic mass is 79.9. The lowest BCUT2D eigenvalue weighted by atomic mass is 10.1. The molecule has 0 saturated carbocycles. The van der Waals surface area contributed by atoms with Gasteiger partial charge in [0.1, 0.15) is 30.6 Å². The Hall–Kier alpha value is -3.67. The van der Waals surface area contributed by atoms with Gasteiger partial charge in [-0.3, -0.25) is 4.79 Å². The number of methoxy groups -OCH3 is 1. The highest BCUT2D eigenvalue weighted by molar-refractivity contribution is 9.10. The quantitative estimate of drug-likeness (QED) is 0.134. The minimum Gasteiger partial charge on any atom is -0.493 e. The fourth-order valence-electron chi connectivity index (χ4n) is 3.65. The van der Waals surface area contributed by atoms with Crippen LogP contribution in [-0.4, -0.2) is 13.0 Å². The standard InChI is InChI=1S/C31H22BrCl3N2O4/c1-39-29-14-20(13-27(32)30(29)41-18-21-4-7-24(34)15-28(21)35)12-22(16-36)31(38)37-25-8-10-26(11-9-25)40-17-19-2-5-23(33)6-3-19/h2-15H,17-18H2,1H3,(H,37,38)/b22-12+. The number of hydrogen-bond donors (Lipinski definition) is 1. The van der Waals surface area contributed by atoms with Crippen LogP contribution >= 0.6 is 50.7 Å². The number of benzene rings is 4. The number of carbonyl (C=O) groups is 1. The van der Waals surface area contributed by atoms with Gasteiger partial charge < -0.3 is 19.5 Å². The highest BCUT2D eigenvalue weighted by Gasteiger charge is 2.15. The van der Waals surface area contributed by atoms with Crippen molar-refractivity contribution in [2.24, 2.45) is 0 Å². The number of anilines is 1. The van der Waals surface area contributed by atoms with Gasteiger partial charge in [0.15, 0.2) is 11.5 Å². The van der Waals surface area contributed by atoms with Gasteiger partial charge >= 0.3 is 0 Å². The number of nitrogens with one attached hydrogen (secondary N) is 1. The zero-order chi connectivity index (χ0) is 29.4. The Bertz CT molecular complexity index is 1620. The molecule has 4 rings (SSSR count). The zero-order valence-corrected chi connectivity index (χ0v) is 25.4. The predicted octanol–water partition coefficient (Wildman–Crippen LogP) is 9.12. The third-order valence-electron chi connectivity index (χ3n) is 5.75. The van der Waals surface area contributed by atoms with Crippen LogP contribution in [0.2, 0.25) is 15.1 Å². The second-order valence-corrected chi connectivity index (χ2v) is 10.8. The first kappa shape index (κ1) is 30.3.